The Kier molecular flexibility index (Phi) is 14.9. The number of benzene rings is 16. The second-order valence-corrected chi connectivity index (χ2v) is 33.2. The number of amidine groups is 1. The fourth-order valence-corrected chi connectivity index (χ4v) is 22.1. The molecule has 0 amide bonds. The van der Waals surface area contributed by atoms with Gasteiger partial charge in [-0.1, -0.05) is 237 Å². The SMILES string of the molecule is C=C(/N=C(\N=C(/N)n1c2ccc#cc2c2ccc3c(c4ccccc4n3-c3ccc(-c4cccc(-n5c6ccccc6c6c7c8ccccc8n(-c8ccc(N9c%10ccccc%10C%10CCC%11c%12ccccc%12N(c%12ccccc%12)[C@@H]%11C%109)cc8)c7ccc65)c4)cc3)c21)c1ccccc1)n1c2ccccc2c2cc3c4ccccc4n(-c4ccccc4)c3cc21. The van der Waals surface area contributed by atoms with Gasteiger partial charge < -0.3 is 33.8 Å². The Morgan fingerprint density at radius 3 is 1.37 bits per heavy atom. The minimum Gasteiger partial charge on any atom is -0.369 e. The number of fused-ring (bicyclic) bond motifs is 27. The Morgan fingerprint density at radius 1 is 0.309 bits per heavy atom. The number of hydrogen-bond acceptors (Lipinski definition) is 3. The molecule has 17 aromatic carbocycles. The fraction of sp³-hybridized carbons (Fsp3) is 0.0536. The van der Waals surface area contributed by atoms with Crippen molar-refractivity contribution in [3.63, 3.8) is 0 Å². The van der Waals surface area contributed by atoms with Crippen LogP contribution in [0.5, 0.6) is 0 Å². The van der Waals surface area contributed by atoms with Gasteiger partial charge in [0.15, 0.2) is 5.84 Å². The van der Waals surface area contributed by atoms with Crippen molar-refractivity contribution in [3.8, 4) is 33.9 Å². The van der Waals surface area contributed by atoms with E-state index in [0.717, 1.165) is 140 Å². The first-order valence-electron chi connectivity index (χ1n) is 42.5. The highest BCUT2D eigenvalue weighted by Gasteiger charge is 2.55. The molecule has 578 valence electrons. The van der Waals surface area contributed by atoms with E-state index in [9.17, 15) is 0 Å². The first-order chi connectivity index (χ1) is 60.9. The molecule has 6 aromatic heterocycles. The summed E-state index contributed by atoms with van der Waals surface area (Å²) in [5, 5.41) is 13.4. The molecule has 2 N–H and O–H groups in total. The zero-order chi connectivity index (χ0) is 80.8. The van der Waals surface area contributed by atoms with Gasteiger partial charge in [0.1, 0.15) is 5.82 Å². The summed E-state index contributed by atoms with van der Waals surface area (Å²) in [6.45, 7) is 4.79. The van der Waals surface area contributed by atoms with Crippen molar-refractivity contribution in [2.45, 2.75) is 36.8 Å². The Balaban J connectivity index is 0.559. The summed E-state index contributed by atoms with van der Waals surface area (Å²) in [4.78, 5) is 16.3. The molecule has 11 heteroatoms. The van der Waals surface area contributed by atoms with E-state index in [1.165, 1.54) is 77.2 Å². The number of hydrogen-bond donors (Lipinski definition) is 1. The molecule has 123 heavy (non-hydrogen) atoms. The molecular formula is C112H75N11. The van der Waals surface area contributed by atoms with E-state index >= 15 is 0 Å². The zero-order valence-electron chi connectivity index (χ0n) is 66.9. The van der Waals surface area contributed by atoms with E-state index in [2.05, 4.69) is 395 Å². The highest BCUT2D eigenvalue weighted by atomic mass is 15.3. The number of nitrogens with two attached hydrogens (primary N) is 1. The molecule has 1 saturated carbocycles. The Bertz CT molecular complexity index is 8440. The molecule has 0 saturated heterocycles. The molecule has 4 atom stereocenters. The lowest BCUT2D eigenvalue weighted by Gasteiger charge is -2.45. The second kappa shape index (κ2) is 26.7. The molecule has 23 aromatic rings. The van der Waals surface area contributed by atoms with Gasteiger partial charge in [0, 0.05) is 122 Å². The molecule has 1 fully saturated rings. The molecule has 11 nitrogen and oxygen atoms in total. The second-order valence-electron chi connectivity index (χ2n) is 33.2. The van der Waals surface area contributed by atoms with Crippen molar-refractivity contribution >= 4 is 171 Å². The average molecular weight is 1570 g/mol. The molecule has 3 aliphatic rings. The lowest BCUT2D eigenvalue weighted by atomic mass is 9.72. The lowest BCUT2D eigenvalue weighted by Crippen LogP contribution is -2.51. The monoisotopic (exact) mass is 1570 g/mol. The summed E-state index contributed by atoms with van der Waals surface area (Å²) in [6, 6.07) is 147. The Labute approximate surface area is 707 Å². The number of anilines is 4. The van der Waals surface area contributed by atoms with Crippen molar-refractivity contribution in [1.82, 2.24) is 27.4 Å². The summed E-state index contributed by atoms with van der Waals surface area (Å²) in [7, 11) is 0. The Morgan fingerprint density at radius 2 is 0.756 bits per heavy atom. The normalized spacial score (nSPS) is 16.0. The highest BCUT2D eigenvalue weighted by molar-refractivity contribution is 6.31. The van der Waals surface area contributed by atoms with Gasteiger partial charge in [-0.3, -0.25) is 9.13 Å². The van der Waals surface area contributed by atoms with Gasteiger partial charge in [0.2, 0.25) is 5.96 Å². The highest BCUT2D eigenvalue weighted by Crippen LogP contribution is 2.61. The van der Waals surface area contributed by atoms with Gasteiger partial charge >= 0.3 is 0 Å². The standard InChI is InChI=1S/C112H75N11/c1-69(116-92-44-19-14-39-82(92)90-67-91-83-40-15-20-45-93(83)119(104(91)68-103(90)116)73-31-7-3-8-32-73)114-111(71-28-5-2-6-29-71)115-112(113)123-96-48-23-13-36-79(96)84-62-63-102-107(108(84)123)89-43-18-26-51-99(89)118(102)75-54-52-70(53-55-75)72-30-27-35-78(66-72)120-98-50-25-17-42-88(98)106-101(120)65-64-100-105(106)87-41-16-24-49-97(87)117(100)76-56-58-77(59-57-76)122-95-47-22-12-38-81(95)86-61-60-85-80-37-11-21-46-94(80)121(109(85)110(86)122)74-33-9-4-10-34-74/h2-12,14-35,37-59,62-68,85-86,109-110H,1,60-61H2,(H2,113,114,115)/t85?,86?,109-,110?/m0/s1. The quantitative estimate of drug-likeness (QED) is 0.109. The third-order valence-corrected chi connectivity index (χ3v) is 27.0. The maximum atomic E-state index is 7.67. The average Bonchev–Trinajstić information content (AvgIpc) is 1.55. The van der Waals surface area contributed by atoms with Crippen LogP contribution in [0.4, 0.5) is 22.7 Å². The summed E-state index contributed by atoms with van der Waals surface area (Å²) in [5.41, 5.74) is 35.7. The van der Waals surface area contributed by atoms with Crippen LogP contribution in [0.3, 0.4) is 0 Å². The fourth-order valence-electron chi connectivity index (χ4n) is 22.1. The number of para-hydroxylation sites is 9. The van der Waals surface area contributed by atoms with Gasteiger partial charge in [0.05, 0.1) is 83.7 Å². The van der Waals surface area contributed by atoms with Crippen LogP contribution < -0.4 is 15.5 Å². The van der Waals surface area contributed by atoms with Gasteiger partial charge in [-0.15, -0.1) is 0 Å². The zero-order valence-corrected chi connectivity index (χ0v) is 66.9. The van der Waals surface area contributed by atoms with Crippen LogP contribution in [0.1, 0.15) is 41.4 Å². The van der Waals surface area contributed by atoms with Crippen LogP contribution in [-0.4, -0.2) is 51.3 Å². The first-order valence-corrected chi connectivity index (χ1v) is 42.5. The Hall–Kier alpha value is -16.2. The van der Waals surface area contributed by atoms with Crippen molar-refractivity contribution in [1.29, 1.82) is 0 Å². The predicted molar refractivity (Wildman–Crippen MR) is 511 cm³/mol. The molecule has 26 rings (SSSR count). The van der Waals surface area contributed by atoms with Crippen LogP contribution in [0.25, 0.3) is 171 Å². The third kappa shape index (κ3) is 10.1. The minimum atomic E-state index is 0.231. The molecule has 2 aliphatic heterocycles. The van der Waals surface area contributed by atoms with Crippen LogP contribution in [0, 0.1) is 12.1 Å². The van der Waals surface area contributed by atoms with Gasteiger partial charge in [-0.2, -0.15) is 4.99 Å². The van der Waals surface area contributed by atoms with Crippen molar-refractivity contribution in [2.24, 2.45) is 15.7 Å². The molecule has 3 unspecified atom stereocenters. The smallest absolute Gasteiger partial charge is 0.207 e. The maximum Gasteiger partial charge on any atom is 0.207 e. The molecule has 0 bridgehead atoms. The molecular weight excluding hydrogens is 1500 g/mol. The van der Waals surface area contributed by atoms with Crippen LogP contribution in [-0.2, 0) is 0 Å². The lowest BCUT2D eigenvalue weighted by molar-refractivity contribution is 0.326. The number of aliphatic imine (C=N–C) groups is 2. The van der Waals surface area contributed by atoms with Crippen molar-refractivity contribution in [2.75, 3.05) is 9.80 Å². The van der Waals surface area contributed by atoms with Crippen molar-refractivity contribution < 1.29 is 0 Å². The summed E-state index contributed by atoms with van der Waals surface area (Å²) in [6.07, 6.45) is 2.31. The van der Waals surface area contributed by atoms with E-state index in [0.29, 0.717) is 23.5 Å². The van der Waals surface area contributed by atoms with Crippen molar-refractivity contribution in [3.05, 3.63) is 418 Å². The van der Waals surface area contributed by atoms with Crippen LogP contribution in [0.15, 0.2) is 399 Å². The summed E-state index contributed by atoms with van der Waals surface area (Å²) >= 11 is 0. The predicted octanol–water partition coefficient (Wildman–Crippen LogP) is 27.0. The summed E-state index contributed by atoms with van der Waals surface area (Å²) < 4.78 is 13.9. The van der Waals surface area contributed by atoms with Gasteiger partial charge in [-0.05, 0) is 199 Å². The molecule has 0 spiro atoms. The number of aromatic nitrogens is 6. The van der Waals surface area contributed by atoms with E-state index in [1.807, 2.05) is 36.4 Å². The summed E-state index contributed by atoms with van der Waals surface area (Å²) in [5.74, 6) is 1.96. The first kappa shape index (κ1) is 68.9. The minimum absolute atomic E-state index is 0.231. The molecule has 8 heterocycles. The van der Waals surface area contributed by atoms with E-state index in [1.54, 1.807) is 0 Å². The number of rotatable bonds is 10. The largest absolute Gasteiger partial charge is 0.369 e. The maximum absolute atomic E-state index is 7.67. The third-order valence-electron chi connectivity index (χ3n) is 27.0. The van der Waals surface area contributed by atoms with Crippen LogP contribution in [0.2, 0.25) is 0 Å². The molecule has 0 radical (unpaired) electrons. The molecule has 1 aliphatic carbocycles. The van der Waals surface area contributed by atoms with E-state index in [4.69, 9.17) is 22.3 Å². The van der Waals surface area contributed by atoms with E-state index in [-0.39, 0.29) is 18.0 Å². The number of nitrogens with zero attached hydrogens (tertiary/aromatic N) is 10. The van der Waals surface area contributed by atoms with Gasteiger partial charge in [-0.25, -0.2) is 4.99 Å². The van der Waals surface area contributed by atoms with E-state index < -0.39 is 0 Å². The van der Waals surface area contributed by atoms with Gasteiger partial charge in [0.25, 0.3) is 0 Å². The van der Waals surface area contributed by atoms with Crippen LogP contribution >= 0.6 is 0 Å². The topological polar surface area (TPSA) is 86.8 Å².